The van der Waals surface area contributed by atoms with E-state index in [0.717, 1.165) is 46.8 Å². The van der Waals surface area contributed by atoms with E-state index in [1.54, 1.807) is 14.2 Å². The summed E-state index contributed by atoms with van der Waals surface area (Å²) in [6.45, 7) is 1.52. The van der Waals surface area contributed by atoms with E-state index in [0.29, 0.717) is 12.2 Å². The minimum Gasteiger partial charge on any atom is -0.497 e. The van der Waals surface area contributed by atoms with Crippen LogP contribution in [0, 0.1) is 0 Å². The summed E-state index contributed by atoms with van der Waals surface area (Å²) < 4.78 is 10.7. The number of nitrogens with one attached hydrogen (secondary N) is 3. The molecule has 1 aromatic heterocycles. The summed E-state index contributed by atoms with van der Waals surface area (Å²) in [6.07, 6.45) is 0.838. The van der Waals surface area contributed by atoms with Crippen LogP contribution in [0.25, 0.3) is 0 Å². The van der Waals surface area contributed by atoms with Crippen LogP contribution in [0.4, 0.5) is 0 Å². The lowest BCUT2D eigenvalue weighted by Gasteiger charge is -2.21. The fraction of sp³-hybridized carbons (Fsp3) is 0.273. The third-order valence-electron chi connectivity index (χ3n) is 5.15. The molecule has 0 atom stereocenters. The Balaban J connectivity index is 1.70. The Hall–Kier alpha value is -3.32. The molecule has 0 aliphatic carbocycles. The number of aromatic amines is 1. The lowest BCUT2D eigenvalue weighted by molar-refractivity contribution is 0.0936. The lowest BCUT2D eigenvalue weighted by atomic mass is 9.97. The number of ether oxygens (including phenoxy) is 2. The average molecular weight is 392 g/mol. The van der Waals surface area contributed by atoms with Crippen LogP contribution in [0.1, 0.15) is 38.9 Å². The fourth-order valence-corrected chi connectivity index (χ4v) is 3.61. The standard InChI is InChI=1S/C22H24N4O3/c1-28-16-7-3-5-14(11-16)20(15-6-4-8-17(12-15)29-2)24-22(27)21-18-13-23-10-9-19(18)25-26-21/h3-8,11-12,20,23H,9-10,13H2,1-2H3,(H,24,27)(H,25,26). The summed E-state index contributed by atoms with van der Waals surface area (Å²) in [4.78, 5) is 13.2. The Morgan fingerprint density at radius 2 is 1.72 bits per heavy atom. The molecular formula is C22H24N4O3. The number of hydrogen-bond acceptors (Lipinski definition) is 5. The number of carbonyl (C=O) groups excluding carboxylic acids is 1. The van der Waals surface area contributed by atoms with Gasteiger partial charge in [0, 0.05) is 30.8 Å². The Kier molecular flexibility index (Phi) is 5.48. The van der Waals surface area contributed by atoms with E-state index < -0.39 is 0 Å². The van der Waals surface area contributed by atoms with Crippen molar-refractivity contribution in [2.75, 3.05) is 20.8 Å². The summed E-state index contributed by atoms with van der Waals surface area (Å²) in [6, 6.07) is 15.0. The molecule has 0 fully saturated rings. The van der Waals surface area contributed by atoms with E-state index in [9.17, 15) is 4.79 Å². The molecule has 1 aliphatic rings. The second-order valence-electron chi connectivity index (χ2n) is 6.92. The molecular weight excluding hydrogens is 368 g/mol. The Bertz CT molecular complexity index is 967. The maximum Gasteiger partial charge on any atom is 0.272 e. The third kappa shape index (κ3) is 3.95. The maximum absolute atomic E-state index is 13.2. The van der Waals surface area contributed by atoms with Gasteiger partial charge in [-0.1, -0.05) is 24.3 Å². The quantitative estimate of drug-likeness (QED) is 0.600. The predicted molar refractivity (Wildman–Crippen MR) is 109 cm³/mol. The SMILES string of the molecule is COc1cccc(C(NC(=O)c2n[nH]c3c2CNCC3)c2cccc(OC)c2)c1. The Morgan fingerprint density at radius 1 is 1.07 bits per heavy atom. The molecule has 3 aromatic rings. The topological polar surface area (TPSA) is 88.3 Å². The van der Waals surface area contributed by atoms with Crippen molar-refractivity contribution in [1.29, 1.82) is 0 Å². The Morgan fingerprint density at radius 3 is 2.34 bits per heavy atom. The zero-order valence-electron chi connectivity index (χ0n) is 16.5. The monoisotopic (exact) mass is 392 g/mol. The smallest absolute Gasteiger partial charge is 0.272 e. The van der Waals surface area contributed by atoms with E-state index >= 15 is 0 Å². The molecule has 1 aliphatic heterocycles. The number of carbonyl (C=O) groups is 1. The number of amides is 1. The minimum absolute atomic E-state index is 0.221. The van der Waals surface area contributed by atoms with Crippen molar-refractivity contribution in [3.8, 4) is 11.5 Å². The first kappa shape index (κ1) is 19.0. The molecule has 7 heteroatoms. The number of aromatic nitrogens is 2. The van der Waals surface area contributed by atoms with Gasteiger partial charge >= 0.3 is 0 Å². The molecule has 0 radical (unpaired) electrons. The highest BCUT2D eigenvalue weighted by Crippen LogP contribution is 2.28. The summed E-state index contributed by atoms with van der Waals surface area (Å²) in [5, 5.41) is 13.7. The van der Waals surface area contributed by atoms with Gasteiger partial charge < -0.3 is 20.1 Å². The number of benzene rings is 2. The molecule has 29 heavy (non-hydrogen) atoms. The van der Waals surface area contributed by atoms with Crippen molar-refractivity contribution in [2.24, 2.45) is 0 Å². The predicted octanol–water partition coefficient (Wildman–Crippen LogP) is 2.59. The first-order chi connectivity index (χ1) is 14.2. The van der Waals surface area contributed by atoms with Gasteiger partial charge in [-0.25, -0.2) is 0 Å². The largest absolute Gasteiger partial charge is 0.497 e. The molecule has 0 saturated carbocycles. The van der Waals surface area contributed by atoms with Crippen LogP contribution in [-0.4, -0.2) is 36.9 Å². The van der Waals surface area contributed by atoms with Crippen molar-refractivity contribution in [1.82, 2.24) is 20.8 Å². The zero-order valence-corrected chi connectivity index (χ0v) is 16.5. The van der Waals surface area contributed by atoms with E-state index in [4.69, 9.17) is 9.47 Å². The normalized spacial score (nSPS) is 13.1. The minimum atomic E-state index is -0.378. The van der Waals surface area contributed by atoms with Crippen molar-refractivity contribution in [2.45, 2.75) is 19.0 Å². The number of fused-ring (bicyclic) bond motifs is 1. The van der Waals surface area contributed by atoms with Crippen molar-refractivity contribution >= 4 is 5.91 Å². The number of hydrogen-bond donors (Lipinski definition) is 3. The number of methoxy groups -OCH3 is 2. The van der Waals surface area contributed by atoms with Crippen LogP contribution in [0.5, 0.6) is 11.5 Å². The zero-order chi connectivity index (χ0) is 20.2. The first-order valence-electron chi connectivity index (χ1n) is 9.55. The average Bonchev–Trinajstić information content (AvgIpc) is 3.21. The van der Waals surface area contributed by atoms with Crippen molar-refractivity contribution in [3.63, 3.8) is 0 Å². The van der Waals surface area contributed by atoms with Gasteiger partial charge in [0.1, 0.15) is 11.5 Å². The van der Waals surface area contributed by atoms with Crippen molar-refractivity contribution < 1.29 is 14.3 Å². The van der Waals surface area contributed by atoms with Gasteiger partial charge in [0.05, 0.1) is 20.3 Å². The van der Waals surface area contributed by atoms with Crippen LogP contribution < -0.4 is 20.1 Å². The summed E-state index contributed by atoms with van der Waals surface area (Å²) in [5.41, 5.74) is 4.21. The van der Waals surface area contributed by atoms with Gasteiger partial charge in [-0.3, -0.25) is 9.89 Å². The van der Waals surface area contributed by atoms with E-state index in [2.05, 4.69) is 20.8 Å². The molecule has 150 valence electrons. The Labute approximate surface area is 169 Å². The van der Waals surface area contributed by atoms with Crippen molar-refractivity contribution in [3.05, 3.63) is 76.6 Å². The molecule has 4 rings (SSSR count). The molecule has 1 amide bonds. The number of nitrogens with zero attached hydrogens (tertiary/aromatic N) is 1. The molecule has 0 unspecified atom stereocenters. The highest BCUT2D eigenvalue weighted by Gasteiger charge is 2.25. The van der Waals surface area contributed by atoms with E-state index in [1.807, 2.05) is 48.5 Å². The molecule has 7 nitrogen and oxygen atoms in total. The third-order valence-corrected chi connectivity index (χ3v) is 5.15. The molecule has 0 spiro atoms. The molecule has 3 N–H and O–H groups in total. The van der Waals surface area contributed by atoms with Gasteiger partial charge in [-0.2, -0.15) is 5.10 Å². The molecule has 2 heterocycles. The van der Waals surface area contributed by atoms with Gasteiger partial charge in [0.2, 0.25) is 0 Å². The number of rotatable bonds is 6. The summed E-state index contributed by atoms with van der Waals surface area (Å²) in [7, 11) is 3.25. The van der Waals surface area contributed by atoms with Crippen LogP contribution in [0.2, 0.25) is 0 Å². The van der Waals surface area contributed by atoms with Gasteiger partial charge in [0.15, 0.2) is 5.69 Å². The summed E-state index contributed by atoms with van der Waals surface area (Å²) in [5.74, 6) is 1.24. The fourth-order valence-electron chi connectivity index (χ4n) is 3.61. The van der Waals surface area contributed by atoms with Gasteiger partial charge in [-0.15, -0.1) is 0 Å². The van der Waals surface area contributed by atoms with E-state index in [1.165, 1.54) is 0 Å². The molecule has 2 aromatic carbocycles. The second-order valence-corrected chi connectivity index (χ2v) is 6.92. The highest BCUT2D eigenvalue weighted by atomic mass is 16.5. The molecule has 0 bridgehead atoms. The first-order valence-corrected chi connectivity index (χ1v) is 9.55. The summed E-state index contributed by atoms with van der Waals surface area (Å²) >= 11 is 0. The van der Waals surface area contributed by atoms with Crippen LogP contribution >= 0.6 is 0 Å². The molecule has 0 saturated heterocycles. The number of H-pyrrole nitrogens is 1. The van der Waals surface area contributed by atoms with Crippen LogP contribution in [0.15, 0.2) is 48.5 Å². The van der Waals surface area contributed by atoms with E-state index in [-0.39, 0.29) is 11.9 Å². The van der Waals surface area contributed by atoms with Gasteiger partial charge in [-0.05, 0) is 35.4 Å². The van der Waals surface area contributed by atoms with Crippen LogP contribution in [-0.2, 0) is 13.0 Å². The lowest BCUT2D eigenvalue weighted by Crippen LogP contribution is -2.32. The van der Waals surface area contributed by atoms with Gasteiger partial charge in [0.25, 0.3) is 5.91 Å². The second kappa shape index (κ2) is 8.36. The maximum atomic E-state index is 13.2. The highest BCUT2D eigenvalue weighted by molar-refractivity contribution is 5.94. The van der Waals surface area contributed by atoms with Crippen LogP contribution in [0.3, 0.4) is 0 Å².